The number of hydrogen-bond donors (Lipinski definition) is 0. The highest BCUT2D eigenvalue weighted by Gasteiger charge is 2.09. The zero-order chi connectivity index (χ0) is 12.3. The number of pyridine rings is 1. The van der Waals surface area contributed by atoms with E-state index < -0.39 is 5.97 Å². The monoisotopic (exact) mass is 295 g/mol. The lowest BCUT2D eigenvalue weighted by Crippen LogP contribution is -2.08. The summed E-state index contributed by atoms with van der Waals surface area (Å²) in [4.78, 5) is 15.5. The number of carbonyl (C=O) groups is 1. The van der Waals surface area contributed by atoms with Crippen molar-refractivity contribution in [2.24, 2.45) is 0 Å². The Morgan fingerprint density at radius 1 is 1.24 bits per heavy atom. The van der Waals surface area contributed by atoms with Crippen LogP contribution in [0.25, 0.3) is 0 Å². The third-order valence-corrected chi connectivity index (χ3v) is 2.40. The fraction of sp³-hybridized carbons (Fsp3) is 0. The minimum atomic E-state index is -0.537. The van der Waals surface area contributed by atoms with Gasteiger partial charge in [-0.05, 0) is 46.3 Å². The first-order valence-corrected chi connectivity index (χ1v) is 5.53. The largest absolute Gasteiger partial charge is 0.423 e. The summed E-state index contributed by atoms with van der Waals surface area (Å²) in [6.45, 7) is 0. The van der Waals surface area contributed by atoms with Crippen molar-refractivity contribution in [2.45, 2.75) is 0 Å². The number of nitrogens with zero attached hydrogens (tertiary/aromatic N) is 1. The SMILES string of the molecule is O=C(Oc1ccc(F)cc1)c1cncc(Br)c1. The van der Waals surface area contributed by atoms with E-state index in [2.05, 4.69) is 20.9 Å². The van der Waals surface area contributed by atoms with Crippen LogP contribution in [0.4, 0.5) is 4.39 Å². The van der Waals surface area contributed by atoms with E-state index >= 15 is 0 Å². The highest BCUT2D eigenvalue weighted by molar-refractivity contribution is 9.10. The molecule has 17 heavy (non-hydrogen) atoms. The number of ether oxygens (including phenoxy) is 1. The Balaban J connectivity index is 2.14. The molecule has 0 aliphatic carbocycles. The van der Waals surface area contributed by atoms with Crippen LogP contribution in [-0.2, 0) is 0 Å². The maximum absolute atomic E-state index is 12.6. The molecule has 0 radical (unpaired) electrons. The van der Waals surface area contributed by atoms with Gasteiger partial charge < -0.3 is 4.74 Å². The van der Waals surface area contributed by atoms with E-state index in [9.17, 15) is 9.18 Å². The van der Waals surface area contributed by atoms with Crippen molar-refractivity contribution in [2.75, 3.05) is 0 Å². The first-order chi connectivity index (χ1) is 8.15. The molecule has 0 saturated carbocycles. The van der Waals surface area contributed by atoms with E-state index in [1.807, 2.05) is 0 Å². The molecule has 0 atom stereocenters. The molecule has 2 rings (SSSR count). The van der Waals surface area contributed by atoms with Gasteiger partial charge in [-0.15, -0.1) is 0 Å². The number of hydrogen-bond acceptors (Lipinski definition) is 3. The molecule has 1 aromatic carbocycles. The van der Waals surface area contributed by atoms with E-state index in [1.54, 1.807) is 12.3 Å². The van der Waals surface area contributed by atoms with Gasteiger partial charge in [0.2, 0.25) is 0 Å². The Bertz CT molecular complexity index is 542. The molecule has 1 heterocycles. The Morgan fingerprint density at radius 2 is 1.94 bits per heavy atom. The van der Waals surface area contributed by atoms with Crippen LogP contribution in [0.1, 0.15) is 10.4 Å². The molecule has 0 saturated heterocycles. The molecule has 0 spiro atoms. The summed E-state index contributed by atoms with van der Waals surface area (Å²) in [5, 5.41) is 0. The number of benzene rings is 1. The van der Waals surface area contributed by atoms with Gasteiger partial charge >= 0.3 is 5.97 Å². The van der Waals surface area contributed by atoms with Crippen molar-refractivity contribution in [1.82, 2.24) is 4.98 Å². The average Bonchev–Trinajstić information content (AvgIpc) is 2.32. The fourth-order valence-corrected chi connectivity index (χ4v) is 1.56. The highest BCUT2D eigenvalue weighted by Crippen LogP contribution is 2.15. The van der Waals surface area contributed by atoms with Crippen LogP contribution in [0.2, 0.25) is 0 Å². The summed E-state index contributed by atoms with van der Waals surface area (Å²) in [5.74, 6) is -0.629. The lowest BCUT2D eigenvalue weighted by Gasteiger charge is -2.03. The van der Waals surface area contributed by atoms with Crippen LogP contribution in [0, 0.1) is 5.82 Å². The second-order valence-corrected chi connectivity index (χ2v) is 4.15. The summed E-state index contributed by atoms with van der Waals surface area (Å²) in [6, 6.07) is 6.82. The zero-order valence-corrected chi connectivity index (χ0v) is 10.1. The molecule has 5 heteroatoms. The number of rotatable bonds is 2. The highest BCUT2D eigenvalue weighted by atomic mass is 79.9. The number of halogens is 2. The molecule has 0 amide bonds. The van der Waals surface area contributed by atoms with Crippen LogP contribution < -0.4 is 4.74 Å². The predicted molar refractivity (Wildman–Crippen MR) is 63.3 cm³/mol. The zero-order valence-electron chi connectivity index (χ0n) is 8.56. The van der Waals surface area contributed by atoms with Gasteiger partial charge in [-0.2, -0.15) is 0 Å². The number of esters is 1. The van der Waals surface area contributed by atoms with Crippen molar-refractivity contribution < 1.29 is 13.9 Å². The first-order valence-electron chi connectivity index (χ1n) is 4.73. The maximum atomic E-state index is 12.6. The van der Waals surface area contributed by atoms with E-state index in [-0.39, 0.29) is 11.6 Å². The van der Waals surface area contributed by atoms with Gasteiger partial charge in [0.05, 0.1) is 5.56 Å². The molecular weight excluding hydrogens is 289 g/mol. The summed E-state index contributed by atoms with van der Waals surface area (Å²) in [7, 11) is 0. The molecule has 2 aromatic rings. The molecule has 86 valence electrons. The quantitative estimate of drug-likeness (QED) is 0.631. The lowest BCUT2D eigenvalue weighted by atomic mass is 10.3. The molecule has 0 fully saturated rings. The van der Waals surface area contributed by atoms with Gasteiger partial charge in [-0.25, -0.2) is 9.18 Å². The average molecular weight is 296 g/mol. The minimum Gasteiger partial charge on any atom is -0.423 e. The van der Waals surface area contributed by atoms with E-state index in [0.717, 1.165) is 0 Å². The minimum absolute atomic E-state index is 0.288. The van der Waals surface area contributed by atoms with Crippen molar-refractivity contribution in [1.29, 1.82) is 0 Å². The van der Waals surface area contributed by atoms with Crippen LogP contribution in [-0.4, -0.2) is 11.0 Å². The number of carbonyl (C=O) groups excluding carboxylic acids is 1. The van der Waals surface area contributed by atoms with Gasteiger partial charge in [0.1, 0.15) is 11.6 Å². The van der Waals surface area contributed by atoms with Crippen molar-refractivity contribution in [3.05, 3.63) is 58.6 Å². The molecule has 0 aliphatic heterocycles. The molecule has 0 unspecified atom stereocenters. The Kier molecular flexibility index (Phi) is 3.49. The Morgan fingerprint density at radius 3 is 2.59 bits per heavy atom. The summed E-state index contributed by atoms with van der Waals surface area (Å²) in [6.07, 6.45) is 2.96. The molecule has 1 aromatic heterocycles. The summed E-state index contributed by atoms with van der Waals surface area (Å²) in [5.41, 5.74) is 0.323. The maximum Gasteiger partial charge on any atom is 0.345 e. The third kappa shape index (κ3) is 3.10. The van der Waals surface area contributed by atoms with Crippen LogP contribution in [0.15, 0.2) is 47.2 Å². The van der Waals surface area contributed by atoms with Crippen molar-refractivity contribution in [3.8, 4) is 5.75 Å². The summed E-state index contributed by atoms with van der Waals surface area (Å²) >= 11 is 3.21. The first kappa shape index (κ1) is 11.7. The standard InChI is InChI=1S/C12H7BrFNO2/c13-9-5-8(6-15-7-9)12(16)17-11-3-1-10(14)2-4-11/h1-7H. The van der Waals surface area contributed by atoms with Gasteiger partial charge in [-0.3, -0.25) is 4.98 Å². The molecule has 0 bridgehead atoms. The second-order valence-electron chi connectivity index (χ2n) is 3.24. The topological polar surface area (TPSA) is 39.2 Å². The van der Waals surface area contributed by atoms with Gasteiger partial charge in [-0.1, -0.05) is 0 Å². The normalized spacial score (nSPS) is 10.0. The van der Waals surface area contributed by atoms with Crippen molar-refractivity contribution >= 4 is 21.9 Å². The van der Waals surface area contributed by atoms with E-state index in [0.29, 0.717) is 10.0 Å². The lowest BCUT2D eigenvalue weighted by molar-refractivity contribution is 0.0734. The van der Waals surface area contributed by atoms with Gasteiger partial charge in [0.15, 0.2) is 0 Å². The Labute approximate surface area is 105 Å². The molecule has 0 aliphatic rings. The van der Waals surface area contributed by atoms with Gasteiger partial charge in [0.25, 0.3) is 0 Å². The molecular formula is C12H7BrFNO2. The number of aromatic nitrogens is 1. The molecule has 3 nitrogen and oxygen atoms in total. The van der Waals surface area contributed by atoms with Crippen molar-refractivity contribution in [3.63, 3.8) is 0 Å². The van der Waals surface area contributed by atoms with Gasteiger partial charge in [0, 0.05) is 16.9 Å². The third-order valence-electron chi connectivity index (χ3n) is 1.96. The Hall–Kier alpha value is -1.75. The van der Waals surface area contributed by atoms with Crippen LogP contribution in [0.5, 0.6) is 5.75 Å². The van der Waals surface area contributed by atoms with Crippen LogP contribution >= 0.6 is 15.9 Å². The van der Waals surface area contributed by atoms with E-state index in [4.69, 9.17) is 4.74 Å². The fourth-order valence-electron chi connectivity index (χ4n) is 1.19. The smallest absolute Gasteiger partial charge is 0.345 e. The second kappa shape index (κ2) is 5.05. The predicted octanol–water partition coefficient (Wildman–Crippen LogP) is 3.20. The van der Waals surface area contributed by atoms with Crippen LogP contribution in [0.3, 0.4) is 0 Å². The van der Waals surface area contributed by atoms with E-state index in [1.165, 1.54) is 30.5 Å². The molecule has 0 N–H and O–H groups in total. The summed E-state index contributed by atoms with van der Waals surface area (Å²) < 4.78 is 18.4.